The Balaban J connectivity index is 2.41. The van der Waals surface area contributed by atoms with Gasteiger partial charge < -0.3 is 9.26 Å². The summed E-state index contributed by atoms with van der Waals surface area (Å²) in [5, 5.41) is 2.30. The van der Waals surface area contributed by atoms with Gasteiger partial charge in [-0.15, -0.1) is 0 Å². The molecule has 2 rings (SSSR count). The van der Waals surface area contributed by atoms with Gasteiger partial charge in [-0.2, -0.15) is 0 Å². The van der Waals surface area contributed by atoms with Crippen LogP contribution in [-0.2, 0) is 14.1 Å². The predicted molar refractivity (Wildman–Crippen MR) is 110 cm³/mol. The molecular weight excluding hydrogens is 476 g/mol. The van der Waals surface area contributed by atoms with Crippen molar-refractivity contribution in [1.82, 2.24) is 5.09 Å². The van der Waals surface area contributed by atoms with E-state index in [1.165, 1.54) is 31.2 Å². The second-order valence-electron chi connectivity index (χ2n) is 6.62. The molecule has 2 atom stereocenters. The summed E-state index contributed by atoms with van der Waals surface area (Å²) in [5.41, 5.74) is 0. The lowest BCUT2D eigenvalue weighted by Crippen LogP contribution is -2.35. The second kappa shape index (κ2) is 11.2. The van der Waals surface area contributed by atoms with E-state index in [2.05, 4.69) is 5.09 Å². The van der Waals surface area contributed by atoms with E-state index in [0.717, 1.165) is 0 Å². The molecule has 32 heavy (non-hydrogen) atoms. The summed E-state index contributed by atoms with van der Waals surface area (Å²) < 4.78 is 93.0. The van der Waals surface area contributed by atoms with Crippen LogP contribution in [0.5, 0.6) is 5.75 Å². The largest absolute Gasteiger partial charge is 0.461 e. The van der Waals surface area contributed by atoms with Crippen molar-refractivity contribution in [2.45, 2.75) is 50.7 Å². The molecule has 0 radical (unpaired) electrons. The minimum atomic E-state index is -4.51. The van der Waals surface area contributed by atoms with Crippen LogP contribution < -0.4 is 9.61 Å². The number of halogens is 5. The number of benzene rings is 2. The molecule has 1 N–H and O–H groups in total. The zero-order chi connectivity index (χ0) is 24.1. The zero-order valence-corrected chi connectivity index (χ0v) is 19.0. The van der Waals surface area contributed by atoms with Gasteiger partial charge in [-0.3, -0.25) is 4.79 Å². The lowest BCUT2D eigenvalue weighted by Gasteiger charge is -2.24. The van der Waals surface area contributed by atoms with E-state index in [0.29, 0.717) is 12.8 Å². The average Bonchev–Trinajstić information content (AvgIpc) is 2.78. The van der Waals surface area contributed by atoms with Crippen LogP contribution in [0.1, 0.15) is 33.6 Å². The van der Waals surface area contributed by atoms with Gasteiger partial charge in [-0.25, -0.2) is 31.6 Å². The Bertz CT molecular complexity index is 978. The van der Waals surface area contributed by atoms with Crippen molar-refractivity contribution in [2.75, 3.05) is 0 Å². The number of carbonyl (C=O) groups is 1. The van der Waals surface area contributed by atoms with Crippen LogP contribution in [0.2, 0.25) is 0 Å². The van der Waals surface area contributed by atoms with Gasteiger partial charge >= 0.3 is 12.7 Å². The summed E-state index contributed by atoms with van der Waals surface area (Å²) in [4.78, 5) is 10.9. The van der Waals surface area contributed by atoms with Crippen LogP contribution in [0, 0.1) is 29.1 Å². The summed E-state index contributed by atoms with van der Waals surface area (Å²) in [6.07, 6.45) is 0.628. The van der Waals surface area contributed by atoms with Crippen LogP contribution in [0.25, 0.3) is 0 Å². The van der Waals surface area contributed by atoms with Gasteiger partial charge in [0.05, 0.1) is 4.90 Å². The Morgan fingerprint density at radius 1 is 0.969 bits per heavy atom. The lowest BCUT2D eigenvalue weighted by molar-refractivity contribution is -0.151. The summed E-state index contributed by atoms with van der Waals surface area (Å²) >= 11 is -0.230. The molecule has 0 aliphatic rings. The standard InChI is InChI=1S/C20H21F5NO4PS/c1-4-12(5-2)29-20(27)11(3)26-31(28,30-13-9-7-6-8-10-13)32-19-17(24)15(22)14(21)16(23)18(19)25/h6-12H,4-5H2,1-3H3,(H,26,28)/t11-,31+/m0/s1. The van der Waals surface area contributed by atoms with Crippen molar-refractivity contribution in [3.05, 3.63) is 59.4 Å². The van der Waals surface area contributed by atoms with Crippen molar-refractivity contribution < 1.29 is 40.6 Å². The quantitative estimate of drug-likeness (QED) is 0.135. The smallest absolute Gasteiger partial charge is 0.379 e. The third-order valence-electron chi connectivity index (χ3n) is 4.25. The maximum absolute atomic E-state index is 14.2. The highest BCUT2D eigenvalue weighted by Crippen LogP contribution is 2.60. The fourth-order valence-corrected chi connectivity index (χ4v) is 6.39. The third kappa shape index (κ3) is 6.24. The fraction of sp³-hybridized carbons (Fsp3) is 0.350. The molecule has 2 aromatic rings. The first-order chi connectivity index (χ1) is 15.0. The van der Waals surface area contributed by atoms with Crippen LogP contribution in [-0.4, -0.2) is 18.1 Å². The van der Waals surface area contributed by atoms with Gasteiger partial charge in [0.25, 0.3) is 0 Å². The van der Waals surface area contributed by atoms with Gasteiger partial charge in [-0.05, 0) is 31.9 Å². The lowest BCUT2D eigenvalue weighted by atomic mass is 10.2. The molecule has 0 aliphatic carbocycles. The van der Waals surface area contributed by atoms with Gasteiger partial charge in [0.1, 0.15) is 17.9 Å². The molecule has 0 heterocycles. The van der Waals surface area contributed by atoms with E-state index in [9.17, 15) is 31.3 Å². The Hall–Kier alpha value is -2.10. The van der Waals surface area contributed by atoms with Crippen molar-refractivity contribution in [3.63, 3.8) is 0 Å². The minimum Gasteiger partial charge on any atom is -0.461 e. The molecule has 0 saturated heterocycles. The highest BCUT2D eigenvalue weighted by atomic mass is 32.7. The fourth-order valence-electron chi connectivity index (χ4n) is 2.49. The van der Waals surface area contributed by atoms with Crippen molar-refractivity contribution in [1.29, 1.82) is 0 Å². The summed E-state index contributed by atoms with van der Waals surface area (Å²) in [6.45, 7) is 0.344. The van der Waals surface area contributed by atoms with Crippen LogP contribution in [0.15, 0.2) is 35.2 Å². The number of hydrogen-bond acceptors (Lipinski definition) is 5. The molecule has 0 bridgehead atoms. The molecule has 2 aromatic carbocycles. The van der Waals surface area contributed by atoms with Gasteiger partial charge in [0.2, 0.25) is 5.82 Å². The summed E-state index contributed by atoms with van der Waals surface area (Å²) in [5.74, 6) is -11.9. The molecule has 12 heteroatoms. The maximum atomic E-state index is 14.2. The van der Waals surface area contributed by atoms with E-state index < -0.39 is 58.8 Å². The first kappa shape index (κ1) is 26.2. The highest BCUT2D eigenvalue weighted by molar-refractivity contribution is 8.56. The molecule has 0 amide bonds. The molecular formula is C20H21F5NO4PS. The SMILES string of the molecule is CCC(CC)OC(=O)[C@H](C)N[P@@](=O)(Oc1ccccc1)Sc1c(F)c(F)c(F)c(F)c1F. The van der Waals surface area contributed by atoms with Crippen molar-refractivity contribution >= 4 is 24.1 Å². The van der Waals surface area contributed by atoms with E-state index in [4.69, 9.17) is 9.26 Å². The van der Waals surface area contributed by atoms with E-state index >= 15 is 0 Å². The highest BCUT2D eigenvalue weighted by Gasteiger charge is 2.37. The van der Waals surface area contributed by atoms with Gasteiger partial charge in [0, 0.05) is 11.4 Å². The number of esters is 1. The average molecular weight is 497 g/mol. The number of hydrogen-bond donors (Lipinski definition) is 1. The van der Waals surface area contributed by atoms with E-state index in [1.54, 1.807) is 19.9 Å². The number of rotatable bonds is 10. The molecule has 0 aliphatic heterocycles. The summed E-state index contributed by atoms with van der Waals surface area (Å²) in [6, 6.07) is 6.05. The Morgan fingerprint density at radius 2 is 1.47 bits per heavy atom. The third-order valence-corrected chi connectivity index (χ3v) is 7.99. The minimum absolute atomic E-state index is 0.0275. The normalized spacial score (nSPS) is 14.2. The summed E-state index contributed by atoms with van der Waals surface area (Å²) in [7, 11) is 0. The van der Waals surface area contributed by atoms with E-state index in [-0.39, 0.29) is 17.1 Å². The van der Waals surface area contributed by atoms with Crippen molar-refractivity contribution in [3.8, 4) is 5.75 Å². The molecule has 0 spiro atoms. The first-order valence-corrected chi connectivity index (χ1v) is 12.6. The molecule has 0 unspecified atom stereocenters. The topological polar surface area (TPSA) is 64.6 Å². The molecule has 0 saturated carbocycles. The van der Waals surface area contributed by atoms with Crippen LogP contribution in [0.3, 0.4) is 0 Å². The monoisotopic (exact) mass is 497 g/mol. The Labute approximate surface area is 185 Å². The van der Waals surface area contributed by atoms with Crippen molar-refractivity contribution in [2.24, 2.45) is 0 Å². The van der Waals surface area contributed by atoms with E-state index in [1.807, 2.05) is 0 Å². The van der Waals surface area contributed by atoms with Gasteiger partial charge in [-0.1, -0.05) is 32.0 Å². The Kier molecular flexibility index (Phi) is 9.12. The molecule has 5 nitrogen and oxygen atoms in total. The molecule has 0 fully saturated rings. The zero-order valence-electron chi connectivity index (χ0n) is 17.3. The number of nitrogens with one attached hydrogen (secondary N) is 1. The maximum Gasteiger partial charge on any atom is 0.379 e. The first-order valence-electron chi connectivity index (χ1n) is 9.56. The van der Waals surface area contributed by atoms with Gasteiger partial charge in [0.15, 0.2) is 23.3 Å². The number of ether oxygens (including phenoxy) is 1. The molecule has 0 aromatic heterocycles. The Morgan fingerprint density at radius 3 is 1.97 bits per heavy atom. The van der Waals surface area contributed by atoms with Crippen LogP contribution in [0.4, 0.5) is 22.0 Å². The number of para-hydroxylation sites is 1. The second-order valence-corrected chi connectivity index (χ2v) is 10.6. The van der Waals surface area contributed by atoms with Crippen LogP contribution >= 0.6 is 18.1 Å². The number of carbonyl (C=O) groups excluding carboxylic acids is 1. The predicted octanol–water partition coefficient (Wildman–Crippen LogP) is 6.37. The molecule has 176 valence electrons.